The Morgan fingerprint density at radius 2 is 1.94 bits per heavy atom. The smallest absolute Gasteiger partial charge is 0.188 e. The van der Waals surface area contributed by atoms with Gasteiger partial charge in [-0.3, -0.25) is 0 Å². The van der Waals surface area contributed by atoms with Crippen molar-refractivity contribution in [2.24, 2.45) is 0 Å². The molecule has 0 spiro atoms. The normalized spacial score (nSPS) is 11.6. The first-order valence-electron chi connectivity index (χ1n) is 5.47. The molecule has 0 amide bonds. The summed E-state index contributed by atoms with van der Waals surface area (Å²) in [5.41, 5.74) is 1.17. The van der Waals surface area contributed by atoms with Crippen molar-refractivity contribution in [3.63, 3.8) is 0 Å². The van der Waals surface area contributed by atoms with Crippen LogP contribution in [0.3, 0.4) is 0 Å². The van der Waals surface area contributed by atoms with Crippen LogP contribution in [-0.2, 0) is 15.8 Å². The predicted octanol–water partition coefficient (Wildman–Crippen LogP) is 3.63. The van der Waals surface area contributed by atoms with E-state index in [4.69, 9.17) is 13.9 Å². The first kappa shape index (κ1) is 14.9. The highest BCUT2D eigenvalue weighted by Crippen LogP contribution is 2.25. The summed E-state index contributed by atoms with van der Waals surface area (Å²) in [5.74, 6) is 0.851. The van der Waals surface area contributed by atoms with Gasteiger partial charge in [-0.2, -0.15) is 0 Å². The van der Waals surface area contributed by atoms with Crippen LogP contribution in [0.4, 0.5) is 0 Å². The molecule has 1 aromatic carbocycles. The van der Waals surface area contributed by atoms with Crippen molar-refractivity contribution in [2.75, 3.05) is 13.9 Å². The Morgan fingerprint density at radius 1 is 1.24 bits per heavy atom. The van der Waals surface area contributed by atoms with Gasteiger partial charge in [0.1, 0.15) is 5.75 Å². The Kier molecular flexibility index (Phi) is 5.91. The minimum absolute atomic E-state index is 0.272. The zero-order valence-corrected chi connectivity index (χ0v) is 13.9. The highest BCUT2D eigenvalue weighted by molar-refractivity contribution is 14.1. The standard InChI is InChI=1S/C12H19IO3Si/c1-14-9-15-11-7-5-6-10(12(11)13)8-16-17(2,3)4/h5-7H,8-9H2,1-4H3. The molecule has 0 saturated carbocycles. The van der Waals surface area contributed by atoms with Gasteiger partial charge >= 0.3 is 0 Å². The molecule has 0 aromatic heterocycles. The summed E-state index contributed by atoms with van der Waals surface area (Å²) in [7, 11) is 0.142. The largest absolute Gasteiger partial charge is 0.466 e. The number of halogens is 1. The fourth-order valence-corrected chi connectivity index (χ4v) is 2.46. The van der Waals surface area contributed by atoms with Gasteiger partial charge in [0.15, 0.2) is 15.1 Å². The fraction of sp³-hybridized carbons (Fsp3) is 0.500. The summed E-state index contributed by atoms with van der Waals surface area (Å²) in [5, 5.41) is 0. The molecule has 0 fully saturated rings. The summed E-state index contributed by atoms with van der Waals surface area (Å²) in [6, 6.07) is 6.00. The van der Waals surface area contributed by atoms with Crippen LogP contribution in [0.1, 0.15) is 5.56 Å². The highest BCUT2D eigenvalue weighted by atomic mass is 127. The second kappa shape index (κ2) is 6.72. The van der Waals surface area contributed by atoms with Crippen molar-refractivity contribution in [2.45, 2.75) is 26.2 Å². The van der Waals surface area contributed by atoms with E-state index >= 15 is 0 Å². The Morgan fingerprint density at radius 3 is 2.53 bits per heavy atom. The molecule has 1 rings (SSSR count). The Bertz CT molecular complexity index is 363. The van der Waals surface area contributed by atoms with E-state index in [0.717, 1.165) is 9.32 Å². The highest BCUT2D eigenvalue weighted by Gasteiger charge is 2.15. The lowest BCUT2D eigenvalue weighted by Gasteiger charge is -2.18. The zero-order chi connectivity index (χ0) is 12.9. The maximum absolute atomic E-state index is 5.90. The molecule has 0 aliphatic rings. The molecule has 0 aliphatic carbocycles. The van der Waals surface area contributed by atoms with Gasteiger partial charge in [0, 0.05) is 7.11 Å². The topological polar surface area (TPSA) is 27.7 Å². The molecule has 0 heterocycles. The Hall–Kier alpha value is -0.113. The summed E-state index contributed by atoms with van der Waals surface area (Å²) < 4.78 is 17.4. The molecule has 5 heteroatoms. The van der Waals surface area contributed by atoms with Gasteiger partial charge in [-0.1, -0.05) is 12.1 Å². The first-order valence-corrected chi connectivity index (χ1v) is 9.96. The molecular formula is C12H19IO3Si. The van der Waals surface area contributed by atoms with Crippen LogP contribution in [0.15, 0.2) is 18.2 Å². The summed E-state index contributed by atoms with van der Waals surface area (Å²) >= 11 is 2.29. The van der Waals surface area contributed by atoms with Gasteiger partial charge in [-0.15, -0.1) is 0 Å². The molecule has 17 heavy (non-hydrogen) atoms. The van der Waals surface area contributed by atoms with E-state index in [1.165, 1.54) is 5.56 Å². The monoisotopic (exact) mass is 366 g/mol. The van der Waals surface area contributed by atoms with E-state index < -0.39 is 8.32 Å². The third-order valence-electron chi connectivity index (χ3n) is 2.04. The molecular weight excluding hydrogens is 347 g/mol. The number of hydrogen-bond donors (Lipinski definition) is 0. The van der Waals surface area contributed by atoms with Crippen molar-refractivity contribution < 1.29 is 13.9 Å². The Balaban J connectivity index is 2.72. The van der Waals surface area contributed by atoms with Gasteiger partial charge in [0.05, 0.1) is 10.2 Å². The van der Waals surface area contributed by atoms with E-state index in [9.17, 15) is 0 Å². The molecule has 0 unspecified atom stereocenters. The van der Waals surface area contributed by atoms with Crippen molar-refractivity contribution in [3.05, 3.63) is 27.3 Å². The maximum atomic E-state index is 5.90. The van der Waals surface area contributed by atoms with Crippen molar-refractivity contribution in [1.29, 1.82) is 0 Å². The van der Waals surface area contributed by atoms with Crippen molar-refractivity contribution >= 4 is 30.9 Å². The summed E-state index contributed by atoms with van der Waals surface area (Å²) in [6.07, 6.45) is 0. The SMILES string of the molecule is COCOc1cccc(CO[Si](C)(C)C)c1I. The van der Waals surface area contributed by atoms with E-state index in [2.05, 4.69) is 48.3 Å². The van der Waals surface area contributed by atoms with Crippen LogP contribution in [0, 0.1) is 3.57 Å². The van der Waals surface area contributed by atoms with E-state index in [-0.39, 0.29) is 6.79 Å². The van der Waals surface area contributed by atoms with Crippen LogP contribution in [0.2, 0.25) is 19.6 Å². The molecule has 3 nitrogen and oxygen atoms in total. The number of rotatable bonds is 6. The number of benzene rings is 1. The average molecular weight is 366 g/mol. The molecule has 0 radical (unpaired) electrons. The molecule has 0 bridgehead atoms. The van der Waals surface area contributed by atoms with E-state index in [1.54, 1.807) is 7.11 Å². The minimum Gasteiger partial charge on any atom is -0.466 e. The summed E-state index contributed by atoms with van der Waals surface area (Å²) in [6.45, 7) is 7.48. The third-order valence-corrected chi connectivity index (χ3v) is 4.27. The maximum Gasteiger partial charge on any atom is 0.188 e. The second-order valence-corrected chi connectivity index (χ2v) is 10.3. The third kappa shape index (κ3) is 5.37. The molecule has 0 saturated heterocycles. The van der Waals surface area contributed by atoms with E-state index in [0.29, 0.717) is 6.61 Å². The molecule has 0 aliphatic heterocycles. The fourth-order valence-electron chi connectivity index (χ4n) is 1.20. The van der Waals surface area contributed by atoms with Gasteiger partial charge in [0.2, 0.25) is 0 Å². The van der Waals surface area contributed by atoms with E-state index in [1.807, 2.05) is 12.1 Å². The first-order chi connectivity index (χ1) is 7.94. The molecule has 96 valence electrons. The van der Waals surface area contributed by atoms with Gasteiger partial charge in [-0.05, 0) is 53.9 Å². The van der Waals surface area contributed by atoms with Crippen LogP contribution in [-0.4, -0.2) is 22.2 Å². The van der Waals surface area contributed by atoms with Crippen LogP contribution < -0.4 is 4.74 Å². The zero-order valence-electron chi connectivity index (χ0n) is 10.7. The van der Waals surface area contributed by atoms with Crippen LogP contribution >= 0.6 is 22.6 Å². The van der Waals surface area contributed by atoms with Gasteiger partial charge < -0.3 is 13.9 Å². The summed E-state index contributed by atoms with van der Waals surface area (Å²) in [4.78, 5) is 0. The molecule has 1 aromatic rings. The second-order valence-electron chi connectivity index (χ2n) is 4.68. The Labute approximate surface area is 118 Å². The lowest BCUT2D eigenvalue weighted by Crippen LogP contribution is -2.25. The van der Waals surface area contributed by atoms with Crippen molar-refractivity contribution in [3.8, 4) is 5.75 Å². The van der Waals surface area contributed by atoms with Crippen LogP contribution in [0.25, 0.3) is 0 Å². The van der Waals surface area contributed by atoms with Crippen molar-refractivity contribution in [1.82, 2.24) is 0 Å². The quantitative estimate of drug-likeness (QED) is 0.437. The number of hydrogen-bond acceptors (Lipinski definition) is 3. The number of ether oxygens (including phenoxy) is 2. The van der Waals surface area contributed by atoms with Gasteiger partial charge in [0.25, 0.3) is 0 Å². The minimum atomic E-state index is -1.47. The lowest BCUT2D eigenvalue weighted by atomic mass is 10.2. The van der Waals surface area contributed by atoms with Crippen LogP contribution in [0.5, 0.6) is 5.75 Å². The molecule has 0 atom stereocenters. The lowest BCUT2D eigenvalue weighted by molar-refractivity contribution is 0.0503. The molecule has 0 N–H and O–H groups in total. The van der Waals surface area contributed by atoms with Gasteiger partial charge in [-0.25, -0.2) is 0 Å². The predicted molar refractivity (Wildman–Crippen MR) is 79.8 cm³/mol. The number of methoxy groups -OCH3 is 1. The average Bonchev–Trinajstić information content (AvgIpc) is 2.25.